The molecule has 2 rings (SSSR count). The van der Waals surface area contributed by atoms with E-state index < -0.39 is 0 Å². The molecule has 0 saturated heterocycles. The highest BCUT2D eigenvalue weighted by Gasteiger charge is 1.99. The van der Waals surface area contributed by atoms with Crippen LogP contribution in [0.3, 0.4) is 0 Å². The Bertz CT molecular complexity index is 433. The molecule has 4 heteroatoms. The number of aromatic nitrogens is 3. The molecule has 0 amide bonds. The third-order valence-electron chi connectivity index (χ3n) is 2.00. The van der Waals surface area contributed by atoms with Crippen LogP contribution in [-0.2, 0) is 0 Å². The fourth-order valence-electron chi connectivity index (χ4n) is 1.35. The highest BCUT2D eigenvalue weighted by Crippen LogP contribution is 2.07. The van der Waals surface area contributed by atoms with Crippen LogP contribution in [0.4, 0.5) is 5.82 Å². The van der Waals surface area contributed by atoms with Crippen molar-refractivity contribution >= 4 is 11.5 Å². The van der Waals surface area contributed by atoms with Crippen LogP contribution in [0, 0.1) is 6.92 Å². The number of hydrogen-bond acceptors (Lipinski definition) is 3. The number of hydrogen-bond donors (Lipinski definition) is 1. The van der Waals surface area contributed by atoms with Gasteiger partial charge in [0.15, 0.2) is 5.65 Å². The van der Waals surface area contributed by atoms with Gasteiger partial charge in [0.05, 0.1) is 11.9 Å². The van der Waals surface area contributed by atoms with Gasteiger partial charge in [0, 0.05) is 6.54 Å². The van der Waals surface area contributed by atoms with Gasteiger partial charge >= 0.3 is 0 Å². The summed E-state index contributed by atoms with van der Waals surface area (Å²) in [6.07, 6.45) is 3.02. The number of nitrogens with one attached hydrogen (secondary N) is 1. The first kappa shape index (κ1) is 8.99. The predicted molar refractivity (Wildman–Crippen MR) is 56.5 cm³/mol. The number of fused-ring (bicyclic) bond motifs is 1. The molecule has 0 fully saturated rings. The molecule has 0 aliphatic carbocycles. The number of nitrogens with zero attached hydrogens (tertiary/aromatic N) is 3. The lowest BCUT2D eigenvalue weighted by atomic mass is 10.4. The fourth-order valence-corrected chi connectivity index (χ4v) is 1.35. The van der Waals surface area contributed by atoms with Crippen molar-refractivity contribution in [1.82, 2.24) is 14.6 Å². The Hall–Kier alpha value is -1.58. The van der Waals surface area contributed by atoms with Crippen molar-refractivity contribution in [2.45, 2.75) is 20.3 Å². The van der Waals surface area contributed by atoms with Gasteiger partial charge in [-0.1, -0.05) is 6.92 Å². The zero-order chi connectivity index (χ0) is 9.97. The Morgan fingerprint density at radius 1 is 1.43 bits per heavy atom. The third kappa shape index (κ3) is 1.69. The van der Waals surface area contributed by atoms with Crippen LogP contribution in [-0.4, -0.2) is 21.1 Å². The second-order valence-corrected chi connectivity index (χ2v) is 3.33. The first-order valence-electron chi connectivity index (χ1n) is 4.86. The second kappa shape index (κ2) is 3.65. The molecule has 2 heterocycles. The van der Waals surface area contributed by atoms with Crippen molar-refractivity contribution in [2.75, 3.05) is 11.9 Å². The lowest BCUT2D eigenvalue weighted by Crippen LogP contribution is -2.03. The summed E-state index contributed by atoms with van der Waals surface area (Å²) in [4.78, 5) is 4.31. The molecule has 0 aromatic carbocycles. The monoisotopic (exact) mass is 190 g/mol. The Morgan fingerprint density at radius 2 is 2.29 bits per heavy atom. The van der Waals surface area contributed by atoms with Crippen LogP contribution in [0.15, 0.2) is 18.3 Å². The van der Waals surface area contributed by atoms with Crippen molar-refractivity contribution < 1.29 is 0 Å². The minimum absolute atomic E-state index is 0.893. The Balaban J connectivity index is 2.31. The molecule has 4 nitrogen and oxygen atoms in total. The maximum Gasteiger partial charge on any atom is 0.153 e. The minimum atomic E-state index is 0.893. The molecule has 0 spiro atoms. The molecule has 0 unspecified atom stereocenters. The molecule has 14 heavy (non-hydrogen) atoms. The lowest BCUT2D eigenvalue weighted by Gasteiger charge is -2.02. The van der Waals surface area contributed by atoms with Gasteiger partial charge in [-0.2, -0.15) is 0 Å². The first-order chi connectivity index (χ1) is 6.79. The molecule has 74 valence electrons. The van der Waals surface area contributed by atoms with E-state index >= 15 is 0 Å². The standard InChI is InChI=1S/C10H14N4/c1-3-6-11-9-4-5-10-12-8(2)7-14(10)13-9/h4-5,7H,3,6H2,1-2H3,(H,11,13). The van der Waals surface area contributed by atoms with Crippen molar-refractivity contribution in [1.29, 1.82) is 0 Å². The highest BCUT2D eigenvalue weighted by atomic mass is 15.3. The topological polar surface area (TPSA) is 42.2 Å². The van der Waals surface area contributed by atoms with Crippen LogP contribution < -0.4 is 5.32 Å². The van der Waals surface area contributed by atoms with Crippen molar-refractivity contribution in [2.24, 2.45) is 0 Å². The molecule has 1 N–H and O–H groups in total. The van der Waals surface area contributed by atoms with Gasteiger partial charge in [0.1, 0.15) is 5.82 Å². The van der Waals surface area contributed by atoms with Gasteiger partial charge in [-0.05, 0) is 25.5 Å². The molecular weight excluding hydrogens is 176 g/mol. The van der Waals surface area contributed by atoms with Crippen molar-refractivity contribution in [3.8, 4) is 0 Å². The van der Waals surface area contributed by atoms with Gasteiger partial charge in [-0.15, -0.1) is 5.10 Å². The molecule has 2 aromatic rings. The van der Waals surface area contributed by atoms with E-state index in [1.165, 1.54) is 0 Å². The van der Waals surface area contributed by atoms with E-state index in [2.05, 4.69) is 22.3 Å². The number of rotatable bonds is 3. The van der Waals surface area contributed by atoms with Crippen LogP contribution >= 0.6 is 0 Å². The first-order valence-corrected chi connectivity index (χ1v) is 4.86. The molecule has 0 aliphatic heterocycles. The molecule has 0 radical (unpaired) electrons. The summed E-state index contributed by atoms with van der Waals surface area (Å²) < 4.78 is 1.80. The van der Waals surface area contributed by atoms with Gasteiger partial charge in [-0.3, -0.25) is 0 Å². The number of imidazole rings is 1. The lowest BCUT2D eigenvalue weighted by molar-refractivity contribution is 0.905. The van der Waals surface area contributed by atoms with Gasteiger partial charge in [0.25, 0.3) is 0 Å². The average Bonchev–Trinajstić information content (AvgIpc) is 2.54. The summed E-state index contributed by atoms with van der Waals surface area (Å²) in [7, 11) is 0. The van der Waals surface area contributed by atoms with Gasteiger partial charge in [-0.25, -0.2) is 9.50 Å². The Morgan fingerprint density at radius 3 is 3.07 bits per heavy atom. The predicted octanol–water partition coefficient (Wildman–Crippen LogP) is 1.86. The highest BCUT2D eigenvalue weighted by molar-refractivity contribution is 5.44. The van der Waals surface area contributed by atoms with E-state index in [-0.39, 0.29) is 0 Å². The molecule has 2 aromatic heterocycles. The minimum Gasteiger partial charge on any atom is -0.369 e. The zero-order valence-electron chi connectivity index (χ0n) is 8.49. The van der Waals surface area contributed by atoms with Crippen LogP contribution in [0.5, 0.6) is 0 Å². The average molecular weight is 190 g/mol. The number of anilines is 1. The zero-order valence-corrected chi connectivity index (χ0v) is 8.49. The summed E-state index contributed by atoms with van der Waals surface area (Å²) in [5.74, 6) is 0.900. The SMILES string of the molecule is CCCNc1ccc2nc(C)cn2n1. The molecule has 0 saturated carbocycles. The maximum atomic E-state index is 4.38. The third-order valence-corrected chi connectivity index (χ3v) is 2.00. The smallest absolute Gasteiger partial charge is 0.153 e. The van der Waals surface area contributed by atoms with Crippen molar-refractivity contribution in [3.05, 3.63) is 24.0 Å². The Labute approximate surface area is 83.0 Å². The summed E-state index contributed by atoms with van der Waals surface area (Å²) in [5, 5.41) is 7.61. The number of aryl methyl sites for hydroxylation is 1. The van der Waals surface area contributed by atoms with Crippen LogP contribution in [0.25, 0.3) is 5.65 Å². The normalized spacial score (nSPS) is 10.7. The van der Waals surface area contributed by atoms with E-state index in [1.54, 1.807) is 4.52 Å². The van der Waals surface area contributed by atoms with Crippen LogP contribution in [0.1, 0.15) is 19.0 Å². The summed E-state index contributed by atoms with van der Waals surface area (Å²) in [6.45, 7) is 5.05. The van der Waals surface area contributed by atoms with E-state index in [0.717, 1.165) is 30.1 Å². The quantitative estimate of drug-likeness (QED) is 0.803. The fraction of sp³-hybridized carbons (Fsp3) is 0.400. The second-order valence-electron chi connectivity index (χ2n) is 3.33. The summed E-state index contributed by atoms with van der Waals surface area (Å²) in [5.41, 5.74) is 1.88. The van der Waals surface area contributed by atoms with Gasteiger partial charge < -0.3 is 5.32 Å². The van der Waals surface area contributed by atoms with E-state index in [1.807, 2.05) is 25.3 Å². The summed E-state index contributed by atoms with van der Waals surface area (Å²) >= 11 is 0. The van der Waals surface area contributed by atoms with Crippen LogP contribution in [0.2, 0.25) is 0 Å². The van der Waals surface area contributed by atoms with Crippen molar-refractivity contribution in [3.63, 3.8) is 0 Å². The van der Waals surface area contributed by atoms with E-state index in [9.17, 15) is 0 Å². The van der Waals surface area contributed by atoms with Gasteiger partial charge in [0.2, 0.25) is 0 Å². The molecule has 0 aliphatic rings. The van der Waals surface area contributed by atoms with E-state index in [0.29, 0.717) is 0 Å². The Kier molecular flexibility index (Phi) is 2.35. The van der Waals surface area contributed by atoms with E-state index in [4.69, 9.17) is 0 Å². The largest absolute Gasteiger partial charge is 0.369 e. The summed E-state index contributed by atoms with van der Waals surface area (Å²) in [6, 6.07) is 3.93. The maximum absolute atomic E-state index is 4.38. The molecule has 0 bridgehead atoms. The molecule has 0 atom stereocenters. The molecular formula is C10H14N4.